The predicted molar refractivity (Wildman–Crippen MR) is 117 cm³/mol. The van der Waals surface area contributed by atoms with Gasteiger partial charge in [0.25, 0.3) is 0 Å². The summed E-state index contributed by atoms with van der Waals surface area (Å²) in [7, 11) is 0. The highest BCUT2D eigenvalue weighted by Gasteiger charge is 2.67. The fraction of sp³-hybridized carbons (Fsp3) is 0.929. The molecule has 7 aliphatic carbocycles. The Bertz CT molecular complexity index is 741. The van der Waals surface area contributed by atoms with Crippen molar-refractivity contribution in [2.24, 2.45) is 71.0 Å². The molecule has 0 aromatic rings. The maximum absolute atomic E-state index is 13.9. The minimum absolute atomic E-state index is 0.346. The Labute approximate surface area is 182 Å². The van der Waals surface area contributed by atoms with Gasteiger partial charge in [-0.25, -0.2) is 0 Å². The van der Waals surface area contributed by atoms with Gasteiger partial charge in [-0.1, -0.05) is 38.5 Å². The van der Waals surface area contributed by atoms with E-state index in [1.165, 1.54) is 89.9 Å². The van der Waals surface area contributed by atoms with Gasteiger partial charge in [-0.3, -0.25) is 9.59 Å². The van der Waals surface area contributed by atoms with Crippen LogP contribution in [0.2, 0.25) is 0 Å². The normalized spacial score (nSPS) is 56.9. The molecule has 30 heavy (non-hydrogen) atoms. The van der Waals surface area contributed by atoms with Gasteiger partial charge in [0.15, 0.2) is 0 Å². The molecule has 7 saturated carbocycles. The van der Waals surface area contributed by atoms with Crippen molar-refractivity contribution in [2.45, 2.75) is 89.9 Å². The lowest BCUT2D eigenvalue weighted by Crippen LogP contribution is -2.54. The van der Waals surface area contributed by atoms with Crippen molar-refractivity contribution >= 4 is 11.6 Å². The van der Waals surface area contributed by atoms with Gasteiger partial charge in [0, 0.05) is 23.7 Å². The Morgan fingerprint density at radius 3 is 1.53 bits per heavy atom. The number of hydrogen-bond acceptors (Lipinski definition) is 2. The summed E-state index contributed by atoms with van der Waals surface area (Å²) in [5.74, 6) is 8.26. The molecular weight excluding hydrogens is 368 g/mol. The first-order valence-corrected chi connectivity index (χ1v) is 13.8. The molecule has 0 aliphatic heterocycles. The molecule has 7 rings (SSSR count). The molecule has 7 aliphatic rings. The van der Waals surface area contributed by atoms with Gasteiger partial charge in [-0.05, 0) is 98.7 Å². The van der Waals surface area contributed by atoms with E-state index in [4.69, 9.17) is 0 Å². The van der Waals surface area contributed by atoms with E-state index < -0.39 is 0 Å². The van der Waals surface area contributed by atoms with Crippen LogP contribution in [0.5, 0.6) is 0 Å². The van der Waals surface area contributed by atoms with E-state index in [1.807, 2.05) is 0 Å². The average molecular weight is 409 g/mol. The highest BCUT2D eigenvalue weighted by atomic mass is 16.1. The van der Waals surface area contributed by atoms with Crippen molar-refractivity contribution in [1.29, 1.82) is 0 Å². The zero-order valence-electron chi connectivity index (χ0n) is 18.6. The van der Waals surface area contributed by atoms with Gasteiger partial charge in [-0.2, -0.15) is 0 Å². The maximum Gasteiger partial charge on any atom is 0.139 e. The summed E-state index contributed by atoms with van der Waals surface area (Å²) in [5, 5.41) is 0. The van der Waals surface area contributed by atoms with Gasteiger partial charge in [0.2, 0.25) is 0 Å². The SMILES string of the molecule is O=C1C2CCCCC2C2C1C1CCCCC1C1CCC3C4CCCCC4C(=O)C3C12. The minimum Gasteiger partial charge on any atom is -0.299 e. The largest absolute Gasteiger partial charge is 0.299 e. The summed E-state index contributed by atoms with van der Waals surface area (Å²) in [4.78, 5) is 27.8. The third-order valence-electron chi connectivity index (χ3n) is 12.0. The van der Waals surface area contributed by atoms with E-state index in [0.717, 1.165) is 11.8 Å². The standard InChI is InChI=1S/C28H40O2/c29-27-21-11-5-2-8-16(21)20-14-13-19-15-7-1-3-9-17(15)25-23(24(19)26(20)27)18-10-4-6-12-22(18)28(25)30/h15-26H,1-14H2. The van der Waals surface area contributed by atoms with Gasteiger partial charge in [-0.15, -0.1) is 0 Å². The van der Waals surface area contributed by atoms with E-state index in [-0.39, 0.29) is 0 Å². The molecule has 7 fully saturated rings. The molecule has 0 bridgehead atoms. The number of Topliss-reactive ketones (excluding diaryl/α,β-unsaturated/α-hetero) is 2. The monoisotopic (exact) mass is 408 g/mol. The van der Waals surface area contributed by atoms with Crippen LogP contribution in [0.25, 0.3) is 0 Å². The lowest BCUT2D eigenvalue weighted by molar-refractivity contribution is -0.145. The Hall–Kier alpha value is -0.660. The first-order valence-electron chi connectivity index (χ1n) is 13.8. The average Bonchev–Trinajstić information content (AvgIpc) is 3.27. The molecule has 2 heteroatoms. The van der Waals surface area contributed by atoms with Crippen LogP contribution >= 0.6 is 0 Å². The summed E-state index contributed by atoms with van der Waals surface area (Å²) < 4.78 is 0. The third kappa shape index (κ3) is 2.38. The van der Waals surface area contributed by atoms with E-state index in [9.17, 15) is 9.59 Å². The fourth-order valence-corrected chi connectivity index (χ4v) is 11.4. The lowest BCUT2D eigenvalue weighted by Gasteiger charge is -2.57. The molecule has 0 saturated heterocycles. The van der Waals surface area contributed by atoms with Crippen LogP contribution in [0, 0.1) is 71.0 Å². The second-order valence-corrected chi connectivity index (χ2v) is 12.6. The Balaban J connectivity index is 1.33. The molecule has 164 valence electrons. The number of fused-ring (bicyclic) bond motifs is 12. The van der Waals surface area contributed by atoms with Crippen LogP contribution in [0.1, 0.15) is 89.9 Å². The second kappa shape index (κ2) is 6.92. The van der Waals surface area contributed by atoms with E-state index in [0.29, 0.717) is 70.7 Å². The quantitative estimate of drug-likeness (QED) is 0.487. The molecule has 12 atom stereocenters. The Morgan fingerprint density at radius 1 is 0.400 bits per heavy atom. The summed E-state index contributed by atoms with van der Waals surface area (Å²) in [5.41, 5.74) is 0. The smallest absolute Gasteiger partial charge is 0.139 e. The first kappa shape index (κ1) is 18.9. The van der Waals surface area contributed by atoms with Crippen LogP contribution in [0.3, 0.4) is 0 Å². The van der Waals surface area contributed by atoms with Crippen molar-refractivity contribution in [3.05, 3.63) is 0 Å². The third-order valence-corrected chi connectivity index (χ3v) is 12.0. The number of hydrogen-bond donors (Lipinski definition) is 0. The zero-order valence-corrected chi connectivity index (χ0v) is 18.6. The van der Waals surface area contributed by atoms with E-state index in [1.54, 1.807) is 0 Å². The zero-order chi connectivity index (χ0) is 20.0. The van der Waals surface area contributed by atoms with Crippen LogP contribution < -0.4 is 0 Å². The summed E-state index contributed by atoms with van der Waals surface area (Å²) in [6.07, 6.45) is 18.3. The van der Waals surface area contributed by atoms with Crippen molar-refractivity contribution in [1.82, 2.24) is 0 Å². The molecule has 0 amide bonds. The fourth-order valence-electron chi connectivity index (χ4n) is 11.4. The summed E-state index contributed by atoms with van der Waals surface area (Å²) >= 11 is 0. The molecule has 2 nitrogen and oxygen atoms in total. The minimum atomic E-state index is 0.346. The van der Waals surface area contributed by atoms with E-state index in [2.05, 4.69) is 0 Å². The predicted octanol–water partition coefficient (Wildman–Crippen LogP) is 6.08. The Kier molecular flexibility index (Phi) is 4.35. The molecule has 0 N–H and O–H groups in total. The number of rotatable bonds is 0. The van der Waals surface area contributed by atoms with Gasteiger partial charge >= 0.3 is 0 Å². The van der Waals surface area contributed by atoms with Gasteiger partial charge in [0.1, 0.15) is 11.6 Å². The van der Waals surface area contributed by atoms with Crippen molar-refractivity contribution in [2.75, 3.05) is 0 Å². The van der Waals surface area contributed by atoms with Crippen LogP contribution in [-0.2, 0) is 9.59 Å². The molecule has 0 aromatic carbocycles. The number of ketones is 2. The van der Waals surface area contributed by atoms with Crippen LogP contribution in [0.4, 0.5) is 0 Å². The Morgan fingerprint density at radius 2 is 0.833 bits per heavy atom. The highest BCUT2D eigenvalue weighted by Crippen LogP contribution is 2.68. The van der Waals surface area contributed by atoms with Crippen LogP contribution in [0.15, 0.2) is 0 Å². The first-order chi connectivity index (χ1) is 14.8. The lowest BCUT2D eigenvalue weighted by atomic mass is 9.46. The summed E-state index contributed by atoms with van der Waals surface area (Å²) in [6, 6.07) is 0. The number of carbonyl (C=O) groups is 2. The van der Waals surface area contributed by atoms with Crippen molar-refractivity contribution < 1.29 is 9.59 Å². The van der Waals surface area contributed by atoms with Crippen molar-refractivity contribution in [3.63, 3.8) is 0 Å². The topological polar surface area (TPSA) is 34.1 Å². The maximum atomic E-state index is 13.9. The van der Waals surface area contributed by atoms with Crippen molar-refractivity contribution in [3.8, 4) is 0 Å². The molecule has 0 spiro atoms. The molecule has 12 unspecified atom stereocenters. The molecule has 0 radical (unpaired) electrons. The molecule has 0 aromatic heterocycles. The van der Waals surface area contributed by atoms with Gasteiger partial charge < -0.3 is 0 Å². The van der Waals surface area contributed by atoms with Crippen LogP contribution in [-0.4, -0.2) is 11.6 Å². The summed E-state index contributed by atoms with van der Waals surface area (Å²) in [6.45, 7) is 0. The number of carbonyl (C=O) groups excluding carboxylic acids is 2. The second-order valence-electron chi connectivity index (χ2n) is 12.6. The van der Waals surface area contributed by atoms with E-state index >= 15 is 0 Å². The molecular formula is C28H40O2. The highest BCUT2D eigenvalue weighted by molar-refractivity contribution is 5.89. The van der Waals surface area contributed by atoms with Gasteiger partial charge in [0.05, 0.1) is 0 Å². The molecule has 0 heterocycles.